The molecule has 0 bridgehead atoms. The molecule has 1 saturated heterocycles. The van der Waals surface area contributed by atoms with E-state index in [2.05, 4.69) is 15.6 Å². The van der Waals surface area contributed by atoms with Gasteiger partial charge in [0.25, 0.3) is 5.56 Å². The lowest BCUT2D eigenvalue weighted by Crippen LogP contribution is -2.53. The summed E-state index contributed by atoms with van der Waals surface area (Å²) in [6.45, 7) is 2.27. The predicted octanol–water partition coefficient (Wildman–Crippen LogP) is 0.831. The van der Waals surface area contributed by atoms with Crippen molar-refractivity contribution < 1.29 is 23.8 Å². The third-order valence-electron chi connectivity index (χ3n) is 5.78. The maximum atomic E-state index is 13.8. The Morgan fingerprint density at radius 1 is 1.31 bits per heavy atom. The van der Waals surface area contributed by atoms with Crippen LogP contribution in [0, 0.1) is 24.1 Å². The second-order valence-corrected chi connectivity index (χ2v) is 8.49. The van der Waals surface area contributed by atoms with Crippen LogP contribution in [0.4, 0.5) is 10.1 Å². The zero-order valence-electron chi connectivity index (χ0n) is 17.7. The minimum Gasteiger partial charge on any atom is -0.396 e. The number of aliphatic hydroxyl groups excluding tert-OH is 1. The summed E-state index contributed by atoms with van der Waals surface area (Å²) in [4.78, 5) is 41.7. The van der Waals surface area contributed by atoms with E-state index in [1.54, 1.807) is 6.92 Å². The van der Waals surface area contributed by atoms with Crippen LogP contribution in [0.2, 0.25) is 0 Å². The molecule has 0 unspecified atom stereocenters. The van der Waals surface area contributed by atoms with Crippen LogP contribution in [0.15, 0.2) is 29.1 Å². The quantitative estimate of drug-likeness (QED) is 0.554. The molecule has 1 aromatic carbocycles. The van der Waals surface area contributed by atoms with Gasteiger partial charge in [0.1, 0.15) is 18.2 Å². The molecule has 1 aliphatic carbocycles. The van der Waals surface area contributed by atoms with Crippen molar-refractivity contribution in [3.63, 3.8) is 0 Å². The second-order valence-electron chi connectivity index (χ2n) is 8.49. The molecule has 2 aromatic rings. The van der Waals surface area contributed by atoms with Crippen LogP contribution < -0.4 is 16.2 Å². The van der Waals surface area contributed by atoms with Gasteiger partial charge in [-0.1, -0.05) is 0 Å². The van der Waals surface area contributed by atoms with Crippen LogP contribution in [0.3, 0.4) is 0 Å². The molecule has 0 spiro atoms. The maximum absolute atomic E-state index is 13.8. The van der Waals surface area contributed by atoms with Crippen LogP contribution >= 0.6 is 0 Å². The Bertz CT molecular complexity index is 1100. The highest BCUT2D eigenvalue weighted by molar-refractivity contribution is 5.97. The van der Waals surface area contributed by atoms with Gasteiger partial charge in [0.2, 0.25) is 11.8 Å². The number of amides is 2. The van der Waals surface area contributed by atoms with E-state index in [-0.39, 0.29) is 48.8 Å². The number of anilines is 1. The first-order valence-corrected chi connectivity index (χ1v) is 10.4. The van der Waals surface area contributed by atoms with Gasteiger partial charge in [-0.15, -0.1) is 0 Å². The standard InChI is InChI=1S/C22H25FN4O5/c1-13-25-18(16-5-4-15(23)6-17(16)26-21(31)14-2-3-14)7-20(30)27(13)8-19(29)24-9-22(10-28)11-32-12-22/h4-7,14,28H,2-3,8-12H2,1H3,(H,24,29)(H,26,31). The van der Waals surface area contributed by atoms with E-state index >= 15 is 0 Å². The number of hydrogen-bond acceptors (Lipinski definition) is 6. The van der Waals surface area contributed by atoms with Crippen molar-refractivity contribution in [1.82, 2.24) is 14.9 Å². The van der Waals surface area contributed by atoms with Crippen LogP contribution in [0.1, 0.15) is 18.7 Å². The lowest BCUT2D eigenvalue weighted by molar-refractivity contribution is -0.141. The third kappa shape index (κ3) is 4.71. The summed E-state index contributed by atoms with van der Waals surface area (Å²) < 4.78 is 20.1. The molecule has 32 heavy (non-hydrogen) atoms. The molecule has 0 atom stereocenters. The lowest BCUT2D eigenvalue weighted by Gasteiger charge is -2.39. The molecule has 1 aliphatic heterocycles. The van der Waals surface area contributed by atoms with Gasteiger partial charge in [-0.2, -0.15) is 0 Å². The second kappa shape index (κ2) is 8.79. The van der Waals surface area contributed by atoms with Crippen molar-refractivity contribution in [2.75, 3.05) is 31.7 Å². The van der Waals surface area contributed by atoms with Crippen molar-refractivity contribution in [2.24, 2.45) is 11.3 Å². The Hall–Kier alpha value is -3.11. The van der Waals surface area contributed by atoms with Gasteiger partial charge in [-0.25, -0.2) is 9.37 Å². The fourth-order valence-electron chi connectivity index (χ4n) is 3.50. The fraction of sp³-hybridized carbons (Fsp3) is 0.455. The topological polar surface area (TPSA) is 123 Å². The molecule has 0 radical (unpaired) electrons. The maximum Gasteiger partial charge on any atom is 0.254 e. The largest absolute Gasteiger partial charge is 0.396 e. The molecule has 2 amide bonds. The van der Waals surface area contributed by atoms with Crippen LogP contribution in [-0.2, 0) is 20.9 Å². The predicted molar refractivity (Wildman–Crippen MR) is 113 cm³/mol. The van der Waals surface area contributed by atoms with Gasteiger partial charge >= 0.3 is 0 Å². The first-order valence-electron chi connectivity index (χ1n) is 10.4. The summed E-state index contributed by atoms with van der Waals surface area (Å²) in [6.07, 6.45) is 1.61. The first-order chi connectivity index (χ1) is 15.3. The number of nitrogens with zero attached hydrogens (tertiary/aromatic N) is 2. The summed E-state index contributed by atoms with van der Waals surface area (Å²) in [5.74, 6) is -0.849. The SMILES string of the molecule is Cc1nc(-c2ccc(F)cc2NC(=O)C2CC2)cc(=O)n1CC(=O)NCC1(CO)COC1. The number of carbonyl (C=O) groups is 2. The Morgan fingerprint density at radius 2 is 2.06 bits per heavy atom. The first kappa shape index (κ1) is 22.1. The van der Waals surface area contributed by atoms with Crippen LogP contribution in [-0.4, -0.2) is 52.8 Å². The van der Waals surface area contributed by atoms with Gasteiger partial charge in [0.05, 0.1) is 36.6 Å². The van der Waals surface area contributed by atoms with Crippen molar-refractivity contribution in [1.29, 1.82) is 0 Å². The van der Waals surface area contributed by atoms with Crippen LogP contribution in [0.25, 0.3) is 11.3 Å². The molecule has 2 fully saturated rings. The van der Waals surface area contributed by atoms with Gasteiger partial charge in [0.15, 0.2) is 0 Å². The number of aryl methyl sites for hydroxylation is 1. The van der Waals surface area contributed by atoms with E-state index in [9.17, 15) is 23.9 Å². The molecule has 1 aromatic heterocycles. The molecule has 2 heterocycles. The van der Waals surface area contributed by atoms with E-state index < -0.39 is 16.8 Å². The Morgan fingerprint density at radius 3 is 2.66 bits per heavy atom. The highest BCUT2D eigenvalue weighted by atomic mass is 19.1. The number of benzene rings is 1. The number of ether oxygens (including phenoxy) is 1. The Labute approximate surface area is 183 Å². The Kier molecular flexibility index (Phi) is 6.07. The number of nitrogens with one attached hydrogen (secondary N) is 2. The monoisotopic (exact) mass is 444 g/mol. The van der Waals surface area contributed by atoms with E-state index in [1.165, 1.54) is 28.8 Å². The van der Waals surface area contributed by atoms with Gasteiger partial charge < -0.3 is 20.5 Å². The number of carbonyl (C=O) groups excluding carboxylic acids is 2. The fourth-order valence-corrected chi connectivity index (χ4v) is 3.50. The van der Waals surface area contributed by atoms with Gasteiger partial charge in [-0.05, 0) is 38.0 Å². The molecule has 10 heteroatoms. The van der Waals surface area contributed by atoms with Gasteiger partial charge in [0, 0.05) is 24.1 Å². The van der Waals surface area contributed by atoms with Crippen molar-refractivity contribution in [2.45, 2.75) is 26.3 Å². The number of aromatic nitrogens is 2. The molecular weight excluding hydrogens is 419 g/mol. The summed E-state index contributed by atoms with van der Waals surface area (Å²) >= 11 is 0. The van der Waals surface area contributed by atoms with E-state index in [4.69, 9.17) is 4.74 Å². The number of rotatable bonds is 8. The zero-order chi connectivity index (χ0) is 22.9. The van der Waals surface area contributed by atoms with E-state index in [0.29, 0.717) is 24.6 Å². The minimum atomic E-state index is -0.515. The lowest BCUT2D eigenvalue weighted by atomic mass is 9.87. The average molecular weight is 444 g/mol. The number of halogens is 1. The molecule has 170 valence electrons. The van der Waals surface area contributed by atoms with Crippen molar-refractivity contribution in [3.05, 3.63) is 46.3 Å². The minimum absolute atomic E-state index is 0.0659. The van der Waals surface area contributed by atoms with Gasteiger partial charge in [-0.3, -0.25) is 19.0 Å². The highest BCUT2D eigenvalue weighted by Gasteiger charge is 2.38. The van der Waals surface area contributed by atoms with Crippen molar-refractivity contribution in [3.8, 4) is 11.3 Å². The summed E-state index contributed by atoms with van der Waals surface area (Å²) in [5, 5.41) is 14.9. The zero-order valence-corrected chi connectivity index (χ0v) is 17.7. The molecule has 3 N–H and O–H groups in total. The third-order valence-corrected chi connectivity index (χ3v) is 5.78. The molecule has 2 aliphatic rings. The number of hydrogen-bond donors (Lipinski definition) is 3. The average Bonchev–Trinajstić information content (AvgIpc) is 3.56. The molecule has 9 nitrogen and oxygen atoms in total. The van der Waals surface area contributed by atoms with Crippen LogP contribution in [0.5, 0.6) is 0 Å². The van der Waals surface area contributed by atoms with Crippen molar-refractivity contribution >= 4 is 17.5 Å². The normalized spacial score (nSPS) is 16.8. The highest BCUT2D eigenvalue weighted by Crippen LogP contribution is 2.33. The Balaban J connectivity index is 1.52. The van der Waals surface area contributed by atoms with E-state index in [1.807, 2.05) is 0 Å². The summed E-state index contributed by atoms with van der Waals surface area (Å²) in [6, 6.07) is 5.16. The molecular formula is C22H25FN4O5. The number of aliphatic hydroxyl groups is 1. The molecule has 1 saturated carbocycles. The molecule has 4 rings (SSSR count). The summed E-state index contributed by atoms with van der Waals surface area (Å²) in [5.41, 5.74) is 0.0333. The summed E-state index contributed by atoms with van der Waals surface area (Å²) in [7, 11) is 0. The smallest absolute Gasteiger partial charge is 0.254 e. The van der Waals surface area contributed by atoms with E-state index in [0.717, 1.165) is 12.8 Å².